The van der Waals surface area contributed by atoms with E-state index in [1.165, 1.54) is 0 Å². The molecule has 0 aromatic heterocycles. The van der Waals surface area contributed by atoms with Crippen LogP contribution in [0.2, 0.25) is 0 Å². The molecule has 2 rings (SSSR count). The summed E-state index contributed by atoms with van der Waals surface area (Å²) < 4.78 is 0. The normalized spacial score (nSPS) is 38.0. The Bertz CT molecular complexity index is 182. The molecule has 2 heterocycles. The lowest BCUT2D eigenvalue weighted by Gasteiger charge is -2.15. The summed E-state index contributed by atoms with van der Waals surface area (Å²) in [5.41, 5.74) is 0. The van der Waals surface area contributed by atoms with E-state index in [1.54, 1.807) is 0 Å². The first-order valence-corrected chi connectivity index (χ1v) is 3.35. The van der Waals surface area contributed by atoms with E-state index < -0.39 is 0 Å². The first-order chi connectivity index (χ1) is 4.77. The molecule has 0 aromatic rings. The van der Waals surface area contributed by atoms with E-state index in [0.29, 0.717) is 13.0 Å². The highest BCUT2D eigenvalue weighted by Gasteiger charge is 2.39. The van der Waals surface area contributed by atoms with Crippen molar-refractivity contribution in [2.75, 3.05) is 6.54 Å². The summed E-state index contributed by atoms with van der Waals surface area (Å²) >= 11 is 0. The fourth-order valence-electron chi connectivity index (χ4n) is 1.45. The Morgan fingerprint density at radius 2 is 2.10 bits per heavy atom. The summed E-state index contributed by atoms with van der Waals surface area (Å²) in [5.74, 6) is -0.257. The van der Waals surface area contributed by atoms with E-state index in [2.05, 4.69) is 10.6 Å². The highest BCUT2D eigenvalue weighted by Crippen LogP contribution is 2.17. The van der Waals surface area contributed by atoms with E-state index in [0.717, 1.165) is 0 Å². The molecule has 2 atom stereocenters. The summed E-state index contributed by atoms with van der Waals surface area (Å²) in [6.07, 6.45) is 0.685. The lowest BCUT2D eigenvalue weighted by molar-refractivity contribution is -0.135. The largest absolute Gasteiger partial charge is 0.305 e. The van der Waals surface area contributed by atoms with Gasteiger partial charge in [-0.1, -0.05) is 0 Å². The van der Waals surface area contributed by atoms with Crippen molar-refractivity contribution in [3.63, 3.8) is 0 Å². The predicted octanol–water partition coefficient (Wildman–Crippen LogP) is -1.38. The van der Waals surface area contributed by atoms with Crippen LogP contribution in [0.25, 0.3) is 0 Å². The zero-order chi connectivity index (χ0) is 7.14. The Hall–Kier alpha value is -0.900. The lowest BCUT2D eigenvalue weighted by Crippen LogP contribution is -2.46. The number of carbonyl (C=O) groups excluding carboxylic acids is 2. The van der Waals surface area contributed by atoms with E-state index in [4.69, 9.17) is 0 Å². The van der Waals surface area contributed by atoms with Crippen molar-refractivity contribution in [2.45, 2.75) is 12.5 Å². The van der Waals surface area contributed by atoms with Crippen LogP contribution < -0.4 is 10.6 Å². The van der Waals surface area contributed by atoms with Crippen LogP contribution in [-0.4, -0.2) is 24.4 Å². The maximum atomic E-state index is 10.9. The molecule has 4 nitrogen and oxygen atoms in total. The van der Waals surface area contributed by atoms with Crippen molar-refractivity contribution in [1.82, 2.24) is 10.6 Å². The number of hydrogen-bond donors (Lipinski definition) is 2. The van der Waals surface area contributed by atoms with Crippen LogP contribution >= 0.6 is 0 Å². The summed E-state index contributed by atoms with van der Waals surface area (Å²) in [6, 6.07) is -0.109. The zero-order valence-corrected chi connectivity index (χ0v) is 5.39. The molecule has 2 bridgehead atoms. The molecule has 0 saturated carbocycles. The van der Waals surface area contributed by atoms with Gasteiger partial charge in [0.15, 0.2) is 0 Å². The number of fused-ring (bicyclic) bond motifs is 2. The van der Waals surface area contributed by atoms with Crippen LogP contribution in [-0.2, 0) is 9.59 Å². The number of amides is 2. The third-order valence-electron chi connectivity index (χ3n) is 2.06. The Morgan fingerprint density at radius 3 is 2.90 bits per heavy atom. The van der Waals surface area contributed by atoms with Gasteiger partial charge in [0, 0.05) is 6.54 Å². The maximum absolute atomic E-state index is 10.9. The van der Waals surface area contributed by atoms with Gasteiger partial charge in [-0.2, -0.15) is 0 Å². The van der Waals surface area contributed by atoms with Gasteiger partial charge in [0.25, 0.3) is 0 Å². The number of carbonyl (C=O) groups is 2. The van der Waals surface area contributed by atoms with Crippen LogP contribution in [0.15, 0.2) is 0 Å². The number of imide groups is 1. The van der Waals surface area contributed by atoms with Crippen LogP contribution in [0.5, 0.6) is 0 Å². The van der Waals surface area contributed by atoms with E-state index in [-0.39, 0.29) is 23.8 Å². The van der Waals surface area contributed by atoms with Crippen molar-refractivity contribution >= 4 is 11.8 Å². The minimum atomic E-state index is -0.168. The quantitative estimate of drug-likeness (QED) is 0.408. The standard InChI is InChI=1S/C6H8N2O2/c9-5-3-1-4(7-2-3)6(10)8-5/h3-4,7H,1-2H2,(H,8,9,10). The fraction of sp³-hybridized carbons (Fsp3) is 0.667. The molecule has 0 aromatic carbocycles. The SMILES string of the molecule is O=C1NC(=O)C2CC1CN2. The van der Waals surface area contributed by atoms with Gasteiger partial charge in [0.1, 0.15) is 0 Å². The maximum Gasteiger partial charge on any atom is 0.243 e. The molecule has 10 heavy (non-hydrogen) atoms. The minimum Gasteiger partial charge on any atom is -0.305 e. The van der Waals surface area contributed by atoms with Crippen molar-refractivity contribution in [3.05, 3.63) is 0 Å². The topological polar surface area (TPSA) is 58.2 Å². The molecular weight excluding hydrogens is 132 g/mol. The van der Waals surface area contributed by atoms with Crippen molar-refractivity contribution in [3.8, 4) is 0 Å². The molecule has 2 N–H and O–H groups in total. The Labute approximate surface area is 58.0 Å². The van der Waals surface area contributed by atoms with Gasteiger partial charge in [-0.25, -0.2) is 0 Å². The Morgan fingerprint density at radius 1 is 1.30 bits per heavy atom. The molecule has 2 fully saturated rings. The Kier molecular flexibility index (Phi) is 1.05. The molecular formula is C6H8N2O2. The molecule has 2 aliphatic heterocycles. The molecule has 0 spiro atoms. The summed E-state index contributed by atoms with van der Waals surface area (Å²) in [7, 11) is 0. The number of nitrogens with one attached hydrogen (secondary N) is 2. The second kappa shape index (κ2) is 1.79. The van der Waals surface area contributed by atoms with Crippen molar-refractivity contribution in [2.24, 2.45) is 5.92 Å². The predicted molar refractivity (Wildman–Crippen MR) is 33.0 cm³/mol. The molecule has 4 heteroatoms. The molecule has 2 aliphatic rings. The third-order valence-corrected chi connectivity index (χ3v) is 2.06. The monoisotopic (exact) mass is 140 g/mol. The van der Waals surface area contributed by atoms with Crippen LogP contribution in [0, 0.1) is 5.92 Å². The molecule has 2 saturated heterocycles. The van der Waals surface area contributed by atoms with Gasteiger partial charge in [-0.15, -0.1) is 0 Å². The third kappa shape index (κ3) is 0.654. The van der Waals surface area contributed by atoms with Gasteiger partial charge < -0.3 is 5.32 Å². The second-order valence-electron chi connectivity index (χ2n) is 2.75. The molecule has 0 radical (unpaired) electrons. The lowest BCUT2D eigenvalue weighted by atomic mass is 10.0. The number of hydrogen-bond acceptors (Lipinski definition) is 3. The highest BCUT2D eigenvalue weighted by molar-refractivity contribution is 6.02. The first kappa shape index (κ1) is 5.85. The average molecular weight is 140 g/mol. The first-order valence-electron chi connectivity index (χ1n) is 3.35. The van der Waals surface area contributed by atoms with Crippen LogP contribution in [0.1, 0.15) is 6.42 Å². The van der Waals surface area contributed by atoms with Gasteiger partial charge in [0.05, 0.1) is 12.0 Å². The van der Waals surface area contributed by atoms with E-state index >= 15 is 0 Å². The summed E-state index contributed by atoms with van der Waals surface area (Å²) in [4.78, 5) is 21.8. The second-order valence-corrected chi connectivity index (χ2v) is 2.75. The Balaban J connectivity index is 2.24. The van der Waals surface area contributed by atoms with Crippen LogP contribution in [0.3, 0.4) is 0 Å². The minimum absolute atomic E-state index is 0.0303. The summed E-state index contributed by atoms with van der Waals surface area (Å²) in [6.45, 7) is 0.655. The van der Waals surface area contributed by atoms with Gasteiger partial charge in [-0.05, 0) is 6.42 Å². The average Bonchev–Trinajstić information content (AvgIpc) is 2.28. The van der Waals surface area contributed by atoms with Crippen LogP contribution in [0.4, 0.5) is 0 Å². The van der Waals surface area contributed by atoms with Gasteiger partial charge in [0.2, 0.25) is 11.8 Å². The van der Waals surface area contributed by atoms with Crippen molar-refractivity contribution < 1.29 is 9.59 Å². The zero-order valence-electron chi connectivity index (χ0n) is 5.39. The molecule has 54 valence electrons. The van der Waals surface area contributed by atoms with E-state index in [1.807, 2.05) is 0 Å². The molecule has 2 amide bonds. The van der Waals surface area contributed by atoms with Gasteiger partial charge >= 0.3 is 0 Å². The molecule has 2 unspecified atom stereocenters. The smallest absolute Gasteiger partial charge is 0.243 e. The fourth-order valence-corrected chi connectivity index (χ4v) is 1.45. The number of rotatable bonds is 0. The van der Waals surface area contributed by atoms with E-state index in [9.17, 15) is 9.59 Å². The number of piperidine rings is 1. The van der Waals surface area contributed by atoms with Crippen molar-refractivity contribution in [1.29, 1.82) is 0 Å². The molecule has 0 aliphatic carbocycles. The highest BCUT2D eigenvalue weighted by atomic mass is 16.2. The summed E-state index contributed by atoms with van der Waals surface area (Å²) in [5, 5.41) is 5.27. The van der Waals surface area contributed by atoms with Gasteiger partial charge in [-0.3, -0.25) is 14.9 Å².